The lowest BCUT2D eigenvalue weighted by atomic mass is 9.43. The maximum atomic E-state index is 11.2. The quantitative estimate of drug-likeness (QED) is 0.571. The minimum Gasteiger partial charge on any atom is -0.479 e. The Morgan fingerprint density at radius 1 is 1.00 bits per heavy atom. The zero-order chi connectivity index (χ0) is 21.1. The van der Waals surface area contributed by atoms with E-state index >= 15 is 0 Å². The molecule has 0 aromatic rings. The Balaban J connectivity index is 1.56. The van der Waals surface area contributed by atoms with Crippen molar-refractivity contribution in [1.29, 1.82) is 0 Å². The lowest BCUT2D eigenvalue weighted by molar-refractivity contribution is -0.174. The molecule has 4 saturated carbocycles. The molecule has 0 bridgehead atoms. The van der Waals surface area contributed by atoms with Crippen LogP contribution < -0.4 is 0 Å². The molecule has 0 spiro atoms. The molecule has 0 saturated heterocycles. The van der Waals surface area contributed by atoms with Crippen molar-refractivity contribution < 1.29 is 25.2 Å². The lowest BCUT2D eigenvalue weighted by Crippen LogP contribution is -2.58. The molecule has 11 atom stereocenters. The second-order valence-electron chi connectivity index (χ2n) is 11.5. The van der Waals surface area contributed by atoms with Gasteiger partial charge in [-0.3, -0.25) is 0 Å². The average molecular weight is 409 g/mol. The van der Waals surface area contributed by atoms with Gasteiger partial charge in [0.15, 0.2) is 6.10 Å². The predicted octanol–water partition coefficient (Wildman–Crippen LogP) is 3.45. The molecule has 4 fully saturated rings. The van der Waals surface area contributed by atoms with Crippen molar-refractivity contribution in [2.24, 2.45) is 46.3 Å². The Morgan fingerprint density at radius 3 is 2.34 bits per heavy atom. The van der Waals surface area contributed by atoms with Crippen molar-refractivity contribution in [3.8, 4) is 0 Å². The van der Waals surface area contributed by atoms with Gasteiger partial charge in [0.2, 0.25) is 0 Å². The molecular formula is C24H40O5. The number of hydrogen-bond donors (Lipinski definition) is 4. The van der Waals surface area contributed by atoms with Crippen LogP contribution in [0.4, 0.5) is 0 Å². The molecule has 0 aromatic carbocycles. The van der Waals surface area contributed by atoms with Crippen molar-refractivity contribution in [3.63, 3.8) is 0 Å². The van der Waals surface area contributed by atoms with Crippen molar-refractivity contribution in [3.05, 3.63) is 0 Å². The third kappa shape index (κ3) is 3.36. The highest BCUT2D eigenvalue weighted by molar-refractivity contribution is 5.71. The van der Waals surface area contributed by atoms with Crippen LogP contribution in [0.5, 0.6) is 0 Å². The van der Waals surface area contributed by atoms with E-state index in [1.807, 2.05) is 0 Å². The van der Waals surface area contributed by atoms with Crippen LogP contribution in [0.3, 0.4) is 0 Å². The number of carboxylic acids is 1. The van der Waals surface area contributed by atoms with E-state index < -0.39 is 12.1 Å². The number of carboxylic acid groups (broad SMARTS) is 1. The SMILES string of the molecule is C[C@H](C[C@@H](O)C(=O)O)[C@H]1CC[C@H]2[C@@H]3[C@@H](O)C[C@@H]4C[C@H](O)CC[C@]4(C)[C@H]3CC[C@]12C. The summed E-state index contributed by atoms with van der Waals surface area (Å²) in [7, 11) is 0. The van der Waals surface area contributed by atoms with Gasteiger partial charge in [0.05, 0.1) is 12.2 Å². The minimum absolute atomic E-state index is 0.122. The van der Waals surface area contributed by atoms with E-state index in [4.69, 9.17) is 5.11 Å². The van der Waals surface area contributed by atoms with E-state index in [-0.39, 0.29) is 29.0 Å². The molecule has 0 unspecified atom stereocenters. The molecule has 166 valence electrons. The van der Waals surface area contributed by atoms with Crippen LogP contribution in [0.15, 0.2) is 0 Å². The van der Waals surface area contributed by atoms with Gasteiger partial charge in [-0.15, -0.1) is 0 Å². The van der Waals surface area contributed by atoms with Crippen LogP contribution in [-0.2, 0) is 4.79 Å². The molecule has 4 N–H and O–H groups in total. The maximum Gasteiger partial charge on any atom is 0.332 e. The summed E-state index contributed by atoms with van der Waals surface area (Å²) < 4.78 is 0. The lowest BCUT2D eigenvalue weighted by Gasteiger charge is -2.62. The van der Waals surface area contributed by atoms with Crippen LogP contribution in [0.1, 0.15) is 78.6 Å². The van der Waals surface area contributed by atoms with Crippen LogP contribution in [0.2, 0.25) is 0 Å². The van der Waals surface area contributed by atoms with E-state index in [0.29, 0.717) is 36.0 Å². The van der Waals surface area contributed by atoms with Crippen LogP contribution in [0, 0.1) is 46.3 Å². The molecule has 0 aromatic heterocycles. The van der Waals surface area contributed by atoms with Gasteiger partial charge in [0, 0.05) is 0 Å². The topological polar surface area (TPSA) is 98.0 Å². The Labute approximate surface area is 174 Å². The van der Waals surface area contributed by atoms with Crippen molar-refractivity contribution in [1.82, 2.24) is 0 Å². The number of aliphatic carboxylic acids is 1. The second-order valence-corrected chi connectivity index (χ2v) is 11.5. The number of aliphatic hydroxyl groups excluding tert-OH is 3. The molecule has 0 radical (unpaired) electrons. The van der Waals surface area contributed by atoms with Gasteiger partial charge >= 0.3 is 5.97 Å². The zero-order valence-electron chi connectivity index (χ0n) is 18.3. The summed E-state index contributed by atoms with van der Waals surface area (Å²) in [6, 6.07) is 0. The van der Waals surface area contributed by atoms with Gasteiger partial charge in [-0.25, -0.2) is 4.79 Å². The molecule has 4 aliphatic rings. The van der Waals surface area contributed by atoms with Crippen LogP contribution in [-0.4, -0.2) is 44.7 Å². The number of aliphatic hydroxyl groups is 3. The first-order valence-electron chi connectivity index (χ1n) is 11.8. The molecule has 4 rings (SSSR count). The Morgan fingerprint density at radius 2 is 1.66 bits per heavy atom. The molecular weight excluding hydrogens is 368 g/mol. The summed E-state index contributed by atoms with van der Waals surface area (Å²) in [6.45, 7) is 6.91. The molecule has 5 nitrogen and oxygen atoms in total. The van der Waals surface area contributed by atoms with Gasteiger partial charge in [-0.1, -0.05) is 20.8 Å². The van der Waals surface area contributed by atoms with E-state index in [9.17, 15) is 20.1 Å². The predicted molar refractivity (Wildman–Crippen MR) is 110 cm³/mol. The highest BCUT2D eigenvalue weighted by Crippen LogP contribution is 2.68. The fourth-order valence-electron chi connectivity index (χ4n) is 8.79. The molecule has 0 amide bonds. The Bertz CT molecular complexity index is 637. The summed E-state index contributed by atoms with van der Waals surface area (Å²) in [5, 5.41) is 40.5. The highest BCUT2D eigenvalue weighted by atomic mass is 16.4. The number of carbonyl (C=O) groups is 1. The molecule has 29 heavy (non-hydrogen) atoms. The summed E-state index contributed by atoms with van der Waals surface area (Å²) >= 11 is 0. The average Bonchev–Trinajstić information content (AvgIpc) is 3.00. The normalized spacial score (nSPS) is 51.4. The first kappa shape index (κ1) is 21.6. The van der Waals surface area contributed by atoms with Gasteiger partial charge in [-0.2, -0.15) is 0 Å². The van der Waals surface area contributed by atoms with E-state index in [0.717, 1.165) is 51.4 Å². The number of fused-ring (bicyclic) bond motifs is 5. The van der Waals surface area contributed by atoms with Gasteiger partial charge in [0.1, 0.15) is 0 Å². The van der Waals surface area contributed by atoms with E-state index in [2.05, 4.69) is 20.8 Å². The van der Waals surface area contributed by atoms with Crippen molar-refractivity contribution in [2.45, 2.75) is 96.9 Å². The number of rotatable bonds is 4. The summed E-state index contributed by atoms with van der Waals surface area (Å²) in [6.07, 6.45) is 6.60. The van der Waals surface area contributed by atoms with Gasteiger partial charge < -0.3 is 20.4 Å². The summed E-state index contributed by atoms with van der Waals surface area (Å²) in [5.41, 5.74) is 0.352. The third-order valence-electron chi connectivity index (χ3n) is 10.3. The van der Waals surface area contributed by atoms with Crippen molar-refractivity contribution >= 4 is 5.97 Å². The van der Waals surface area contributed by atoms with E-state index in [1.165, 1.54) is 0 Å². The zero-order valence-corrected chi connectivity index (χ0v) is 18.3. The largest absolute Gasteiger partial charge is 0.479 e. The summed E-state index contributed by atoms with van der Waals surface area (Å²) in [5.74, 6) is 1.22. The number of hydrogen-bond acceptors (Lipinski definition) is 4. The summed E-state index contributed by atoms with van der Waals surface area (Å²) in [4.78, 5) is 11.1. The molecule has 0 aliphatic heterocycles. The van der Waals surface area contributed by atoms with Crippen molar-refractivity contribution in [2.75, 3.05) is 0 Å². The maximum absolute atomic E-state index is 11.2. The van der Waals surface area contributed by atoms with Gasteiger partial charge in [0.25, 0.3) is 0 Å². The molecule has 0 heterocycles. The second kappa shape index (κ2) is 7.49. The first-order valence-corrected chi connectivity index (χ1v) is 11.8. The Hall–Kier alpha value is -0.650. The molecule has 4 aliphatic carbocycles. The fraction of sp³-hybridized carbons (Fsp3) is 0.958. The third-order valence-corrected chi connectivity index (χ3v) is 10.3. The van der Waals surface area contributed by atoms with Crippen LogP contribution in [0.25, 0.3) is 0 Å². The first-order chi connectivity index (χ1) is 13.6. The fourth-order valence-corrected chi connectivity index (χ4v) is 8.79. The highest BCUT2D eigenvalue weighted by Gasteiger charge is 2.62. The smallest absolute Gasteiger partial charge is 0.332 e. The van der Waals surface area contributed by atoms with Gasteiger partial charge in [-0.05, 0) is 104 Å². The monoisotopic (exact) mass is 408 g/mol. The Kier molecular flexibility index (Phi) is 5.57. The van der Waals surface area contributed by atoms with E-state index in [1.54, 1.807) is 0 Å². The van der Waals surface area contributed by atoms with Crippen LogP contribution >= 0.6 is 0 Å². The minimum atomic E-state index is -1.28. The standard InChI is InChI=1S/C24H40O5/c1-13(10-20(27)22(28)29)16-4-5-17-21-18(7-9-24(16,17)3)23(2)8-6-15(25)11-14(23)12-19(21)26/h13-21,25-27H,4-12H2,1-3H3,(H,28,29)/t13-,14+,15-,16-,17+,18+,19+,20-,21+,23+,24-/m1/s1. The molecule has 5 heteroatoms.